The van der Waals surface area contributed by atoms with Gasteiger partial charge in [0.25, 0.3) is 0 Å². The summed E-state index contributed by atoms with van der Waals surface area (Å²) in [6.07, 6.45) is -3.17. The lowest BCUT2D eigenvalue weighted by Gasteiger charge is -2.23. The topological polar surface area (TPSA) is 35.8 Å². The van der Waals surface area contributed by atoms with Crippen LogP contribution in [0.4, 0.5) is 13.2 Å². The fourth-order valence-electron chi connectivity index (χ4n) is 0.979. The van der Waals surface area contributed by atoms with Crippen molar-refractivity contribution < 1.29 is 13.2 Å². The molecule has 0 saturated carbocycles. The van der Waals surface area contributed by atoms with E-state index >= 15 is 0 Å². The van der Waals surface area contributed by atoms with Crippen LogP contribution >= 0.6 is 0 Å². The van der Waals surface area contributed by atoms with Crippen LogP contribution in [-0.4, -0.2) is 18.3 Å². The van der Waals surface area contributed by atoms with E-state index in [-0.39, 0.29) is 0 Å². The summed E-state index contributed by atoms with van der Waals surface area (Å²) in [5.41, 5.74) is -1.07. The van der Waals surface area contributed by atoms with E-state index in [0.29, 0.717) is 12.8 Å². The van der Waals surface area contributed by atoms with Crippen molar-refractivity contribution in [2.45, 2.75) is 38.4 Å². The maximum Gasteiger partial charge on any atom is 0.401 e. The molecule has 0 aliphatic carbocycles. The first kappa shape index (κ1) is 12.2. The molecule has 0 aliphatic rings. The third-order valence-electron chi connectivity index (χ3n) is 1.68. The zero-order valence-electron chi connectivity index (χ0n) is 7.70. The minimum absolute atomic E-state index is 0.416. The van der Waals surface area contributed by atoms with E-state index in [0.717, 1.165) is 0 Å². The lowest BCUT2D eigenvalue weighted by molar-refractivity contribution is -0.127. The van der Waals surface area contributed by atoms with Gasteiger partial charge in [0, 0.05) is 0 Å². The van der Waals surface area contributed by atoms with E-state index in [1.54, 1.807) is 0 Å². The lowest BCUT2D eigenvalue weighted by Crippen LogP contribution is -2.45. The summed E-state index contributed by atoms with van der Waals surface area (Å²) < 4.78 is 35.4. The number of hydrogen-bond acceptors (Lipinski definition) is 2. The molecule has 5 heteroatoms. The van der Waals surface area contributed by atoms with Crippen LogP contribution < -0.4 is 5.32 Å². The monoisotopic (exact) mass is 194 g/mol. The predicted octanol–water partition coefficient (Wildman–Crippen LogP) is 2.22. The Labute approximate surface area is 75.7 Å². The average Bonchev–Trinajstić information content (AvgIpc) is 2.01. The van der Waals surface area contributed by atoms with Gasteiger partial charge in [0.2, 0.25) is 0 Å². The third-order valence-corrected chi connectivity index (χ3v) is 1.68. The van der Waals surface area contributed by atoms with Crippen LogP contribution in [0.2, 0.25) is 0 Å². The fraction of sp³-hybridized carbons (Fsp3) is 0.875. The normalized spacial score (nSPS) is 16.3. The SMILES string of the molecule is CCCC(C)(C#N)NCC(F)(F)F. The smallest absolute Gasteiger partial charge is 0.291 e. The molecule has 0 rings (SSSR count). The zero-order valence-corrected chi connectivity index (χ0v) is 7.70. The quantitative estimate of drug-likeness (QED) is 0.744. The second-order valence-electron chi connectivity index (χ2n) is 3.16. The maximum atomic E-state index is 11.8. The van der Waals surface area contributed by atoms with Crippen molar-refractivity contribution in [2.75, 3.05) is 6.54 Å². The third kappa shape index (κ3) is 5.47. The van der Waals surface area contributed by atoms with Crippen LogP contribution in [0, 0.1) is 11.3 Å². The van der Waals surface area contributed by atoms with Crippen LogP contribution in [0.15, 0.2) is 0 Å². The molecule has 0 aromatic carbocycles. The van der Waals surface area contributed by atoms with Crippen molar-refractivity contribution in [1.82, 2.24) is 5.32 Å². The molecule has 0 aromatic rings. The highest BCUT2D eigenvalue weighted by atomic mass is 19.4. The second-order valence-corrected chi connectivity index (χ2v) is 3.16. The van der Waals surface area contributed by atoms with Crippen LogP contribution in [-0.2, 0) is 0 Å². The Morgan fingerprint density at radius 3 is 2.23 bits per heavy atom. The molecule has 2 nitrogen and oxygen atoms in total. The molecule has 0 aliphatic heterocycles. The van der Waals surface area contributed by atoms with E-state index < -0.39 is 18.3 Å². The van der Waals surface area contributed by atoms with Crippen LogP contribution in [0.5, 0.6) is 0 Å². The summed E-state index contributed by atoms with van der Waals surface area (Å²) in [7, 11) is 0. The van der Waals surface area contributed by atoms with Gasteiger partial charge in [0.05, 0.1) is 12.6 Å². The van der Waals surface area contributed by atoms with Crippen LogP contribution in [0.3, 0.4) is 0 Å². The molecule has 0 spiro atoms. The molecule has 76 valence electrons. The Morgan fingerprint density at radius 2 is 1.92 bits per heavy atom. The first-order valence-electron chi connectivity index (χ1n) is 4.06. The molecule has 0 bridgehead atoms. The summed E-state index contributed by atoms with van der Waals surface area (Å²) in [5, 5.41) is 10.8. The lowest BCUT2D eigenvalue weighted by atomic mass is 9.98. The second kappa shape index (κ2) is 4.47. The number of nitrogens with one attached hydrogen (secondary N) is 1. The molecule has 13 heavy (non-hydrogen) atoms. The minimum Gasteiger partial charge on any atom is -0.291 e. The number of halogens is 3. The van der Waals surface area contributed by atoms with E-state index in [2.05, 4.69) is 5.32 Å². The standard InChI is InChI=1S/C8H13F3N2/c1-3-4-7(2,5-12)13-6-8(9,10)11/h13H,3-4,6H2,1-2H3. The summed E-state index contributed by atoms with van der Waals surface area (Å²) in [4.78, 5) is 0. The van der Waals surface area contributed by atoms with Crippen molar-refractivity contribution in [2.24, 2.45) is 0 Å². The predicted molar refractivity (Wildman–Crippen MR) is 43.0 cm³/mol. The average molecular weight is 194 g/mol. The summed E-state index contributed by atoms with van der Waals surface area (Å²) in [6.45, 7) is 2.18. The Balaban J connectivity index is 4.07. The minimum atomic E-state index is -4.26. The largest absolute Gasteiger partial charge is 0.401 e. The maximum absolute atomic E-state index is 11.8. The van der Waals surface area contributed by atoms with Gasteiger partial charge < -0.3 is 0 Å². The van der Waals surface area contributed by atoms with Gasteiger partial charge in [-0.15, -0.1) is 0 Å². The molecule has 0 aromatic heterocycles. The molecule has 1 unspecified atom stereocenters. The number of nitrogens with zero attached hydrogens (tertiary/aromatic N) is 1. The van der Waals surface area contributed by atoms with Gasteiger partial charge in [0.15, 0.2) is 0 Å². The number of alkyl halides is 3. The highest BCUT2D eigenvalue weighted by Gasteiger charge is 2.32. The first-order chi connectivity index (χ1) is 5.83. The molecule has 1 N–H and O–H groups in total. The highest BCUT2D eigenvalue weighted by molar-refractivity contribution is 5.03. The van der Waals surface area contributed by atoms with Gasteiger partial charge in [-0.25, -0.2) is 0 Å². The van der Waals surface area contributed by atoms with Gasteiger partial charge in [-0.05, 0) is 13.3 Å². The van der Waals surface area contributed by atoms with Crippen LogP contribution in [0.25, 0.3) is 0 Å². The van der Waals surface area contributed by atoms with Gasteiger partial charge in [-0.1, -0.05) is 13.3 Å². The summed E-state index contributed by atoms with van der Waals surface area (Å²) in [5.74, 6) is 0. The van der Waals surface area contributed by atoms with Crippen molar-refractivity contribution in [3.63, 3.8) is 0 Å². The molecule has 0 amide bonds. The molecule has 0 radical (unpaired) electrons. The van der Waals surface area contributed by atoms with Gasteiger partial charge in [-0.2, -0.15) is 18.4 Å². The molecular weight excluding hydrogens is 181 g/mol. The fourth-order valence-corrected chi connectivity index (χ4v) is 0.979. The van der Waals surface area contributed by atoms with Gasteiger partial charge >= 0.3 is 6.18 Å². The van der Waals surface area contributed by atoms with Crippen molar-refractivity contribution in [3.8, 4) is 6.07 Å². The molecular formula is C8H13F3N2. The summed E-state index contributed by atoms with van der Waals surface area (Å²) in [6, 6.07) is 1.84. The first-order valence-corrected chi connectivity index (χ1v) is 4.06. The molecule has 1 atom stereocenters. The van der Waals surface area contributed by atoms with E-state index in [9.17, 15) is 13.2 Å². The van der Waals surface area contributed by atoms with Gasteiger partial charge in [-0.3, -0.25) is 5.32 Å². The Kier molecular flexibility index (Phi) is 4.21. The Morgan fingerprint density at radius 1 is 1.38 bits per heavy atom. The van der Waals surface area contributed by atoms with E-state index in [4.69, 9.17) is 5.26 Å². The Hall–Kier alpha value is -0.760. The molecule has 0 saturated heterocycles. The summed E-state index contributed by atoms with van der Waals surface area (Å²) >= 11 is 0. The number of rotatable bonds is 4. The van der Waals surface area contributed by atoms with Crippen LogP contribution in [0.1, 0.15) is 26.7 Å². The number of hydrogen-bond donors (Lipinski definition) is 1. The van der Waals surface area contributed by atoms with Gasteiger partial charge in [0.1, 0.15) is 5.54 Å². The van der Waals surface area contributed by atoms with E-state index in [1.807, 2.05) is 13.0 Å². The molecule has 0 fully saturated rings. The van der Waals surface area contributed by atoms with Crippen molar-refractivity contribution in [1.29, 1.82) is 5.26 Å². The van der Waals surface area contributed by atoms with Crippen molar-refractivity contribution >= 4 is 0 Å². The zero-order chi connectivity index (χ0) is 10.5. The highest BCUT2D eigenvalue weighted by Crippen LogP contribution is 2.17. The number of nitriles is 1. The van der Waals surface area contributed by atoms with E-state index in [1.165, 1.54) is 6.92 Å². The Bertz CT molecular complexity index is 195. The van der Waals surface area contributed by atoms with Crippen molar-refractivity contribution in [3.05, 3.63) is 0 Å². The molecule has 0 heterocycles.